The number of thiocarbonyl (C=S) groups is 1. The van der Waals surface area contributed by atoms with Crippen molar-refractivity contribution in [3.05, 3.63) is 29.8 Å². The fourth-order valence-corrected chi connectivity index (χ4v) is 0.940. The second-order valence-corrected chi connectivity index (χ2v) is 2.22. The van der Waals surface area contributed by atoms with Crippen LogP contribution in [-0.4, -0.2) is 5.16 Å². The summed E-state index contributed by atoms with van der Waals surface area (Å²) in [4.78, 5) is 3.86. The summed E-state index contributed by atoms with van der Waals surface area (Å²) in [5, 5.41) is 2.31. The average molecular weight is 164 g/mol. The van der Waals surface area contributed by atoms with Crippen LogP contribution in [0.1, 0.15) is 5.56 Å². The van der Waals surface area contributed by atoms with Crippen LogP contribution >= 0.6 is 12.2 Å². The van der Waals surface area contributed by atoms with Crippen LogP contribution in [0.5, 0.6) is 0 Å². The van der Waals surface area contributed by atoms with Gasteiger partial charge in [0.25, 0.3) is 0 Å². The molecule has 0 amide bonds. The molecule has 0 aromatic heterocycles. The summed E-state index contributed by atoms with van der Waals surface area (Å²) in [5.74, 6) is 0. The van der Waals surface area contributed by atoms with Gasteiger partial charge in [-0.15, -0.1) is 0 Å². The van der Waals surface area contributed by atoms with Gasteiger partial charge in [0.05, 0.1) is 10.8 Å². The molecular weight excluding hydrogens is 156 g/mol. The highest BCUT2D eigenvalue weighted by molar-refractivity contribution is 7.78. The molecule has 0 radical (unpaired) electrons. The molecule has 56 valence electrons. The van der Waals surface area contributed by atoms with Gasteiger partial charge in [-0.2, -0.15) is 4.99 Å². The number of hydrogen-bond donors (Lipinski definition) is 1. The maximum atomic E-state index is 5.46. The van der Waals surface area contributed by atoms with Crippen LogP contribution in [0.4, 0.5) is 5.69 Å². The normalized spacial score (nSPS) is 8.82. The van der Waals surface area contributed by atoms with Gasteiger partial charge < -0.3 is 5.73 Å². The van der Waals surface area contributed by atoms with Crippen molar-refractivity contribution in [3.8, 4) is 0 Å². The molecule has 2 N–H and O–H groups in total. The Hall–Kier alpha value is -1.02. The predicted molar refractivity (Wildman–Crippen MR) is 49.0 cm³/mol. The number of nitrogens with zero attached hydrogens (tertiary/aromatic N) is 1. The topological polar surface area (TPSA) is 38.4 Å². The third kappa shape index (κ3) is 1.95. The zero-order valence-electron chi connectivity index (χ0n) is 5.95. The Bertz CT molecular complexity index is 290. The summed E-state index contributed by atoms with van der Waals surface area (Å²) < 4.78 is 0. The van der Waals surface area contributed by atoms with Crippen molar-refractivity contribution in [2.24, 2.45) is 10.7 Å². The van der Waals surface area contributed by atoms with E-state index in [1.54, 1.807) is 0 Å². The molecule has 0 aliphatic heterocycles. The van der Waals surface area contributed by atoms with Crippen LogP contribution in [0.2, 0.25) is 0 Å². The molecule has 0 spiro atoms. The second kappa shape index (κ2) is 3.98. The van der Waals surface area contributed by atoms with E-state index in [9.17, 15) is 0 Å². The Kier molecular flexibility index (Phi) is 2.93. The van der Waals surface area contributed by atoms with Crippen LogP contribution in [-0.2, 0) is 6.54 Å². The van der Waals surface area contributed by atoms with Crippen LogP contribution in [0.25, 0.3) is 0 Å². The smallest absolute Gasteiger partial charge is 0.0784 e. The Balaban J connectivity index is 3.11. The summed E-state index contributed by atoms with van der Waals surface area (Å²) in [6, 6.07) is 7.60. The third-order valence-corrected chi connectivity index (χ3v) is 1.47. The number of benzene rings is 1. The van der Waals surface area contributed by atoms with E-state index in [4.69, 9.17) is 5.73 Å². The summed E-state index contributed by atoms with van der Waals surface area (Å²) in [7, 11) is 0. The monoisotopic (exact) mass is 164 g/mol. The number of para-hydroxylation sites is 1. The van der Waals surface area contributed by atoms with Crippen LogP contribution in [0.15, 0.2) is 29.3 Å². The Morgan fingerprint density at radius 1 is 1.45 bits per heavy atom. The van der Waals surface area contributed by atoms with Crippen molar-refractivity contribution >= 4 is 23.1 Å². The van der Waals surface area contributed by atoms with Gasteiger partial charge in [-0.1, -0.05) is 18.2 Å². The van der Waals surface area contributed by atoms with Crippen LogP contribution in [0.3, 0.4) is 0 Å². The van der Waals surface area contributed by atoms with E-state index in [2.05, 4.69) is 22.4 Å². The summed E-state index contributed by atoms with van der Waals surface area (Å²) in [6.07, 6.45) is 0. The zero-order valence-corrected chi connectivity index (χ0v) is 6.77. The molecule has 2 nitrogen and oxygen atoms in total. The van der Waals surface area contributed by atoms with Gasteiger partial charge in [-0.25, -0.2) is 0 Å². The predicted octanol–water partition coefficient (Wildman–Crippen LogP) is 1.88. The average Bonchev–Trinajstić information content (AvgIpc) is 2.06. The molecule has 0 atom stereocenters. The Morgan fingerprint density at radius 3 is 2.82 bits per heavy atom. The molecule has 0 aliphatic carbocycles. The maximum Gasteiger partial charge on any atom is 0.0784 e. The summed E-state index contributed by atoms with van der Waals surface area (Å²) >= 11 is 4.48. The van der Waals surface area contributed by atoms with Gasteiger partial charge in [0.15, 0.2) is 0 Å². The van der Waals surface area contributed by atoms with E-state index < -0.39 is 0 Å². The molecule has 0 saturated heterocycles. The van der Waals surface area contributed by atoms with Crippen LogP contribution < -0.4 is 5.73 Å². The first-order valence-corrected chi connectivity index (χ1v) is 3.65. The molecule has 0 heterocycles. The number of aliphatic imine (C=N–C) groups is 1. The first-order valence-electron chi connectivity index (χ1n) is 3.24. The quantitative estimate of drug-likeness (QED) is 0.535. The second-order valence-electron chi connectivity index (χ2n) is 2.04. The number of rotatable bonds is 2. The van der Waals surface area contributed by atoms with E-state index in [1.807, 2.05) is 24.3 Å². The zero-order chi connectivity index (χ0) is 8.10. The maximum absolute atomic E-state index is 5.46. The molecule has 1 aromatic rings. The van der Waals surface area contributed by atoms with Crippen molar-refractivity contribution in [1.82, 2.24) is 0 Å². The first-order chi connectivity index (χ1) is 5.38. The first kappa shape index (κ1) is 8.08. The fraction of sp³-hybridized carbons (Fsp3) is 0.125. The third-order valence-electron chi connectivity index (χ3n) is 1.38. The molecule has 3 heteroatoms. The number of nitrogens with two attached hydrogens (primary N) is 1. The molecule has 1 rings (SSSR count). The Labute approximate surface area is 70.8 Å². The lowest BCUT2D eigenvalue weighted by molar-refractivity contribution is 1.07. The van der Waals surface area contributed by atoms with Crippen molar-refractivity contribution < 1.29 is 0 Å². The summed E-state index contributed by atoms with van der Waals surface area (Å²) in [6.45, 7) is 0.483. The van der Waals surface area contributed by atoms with Gasteiger partial charge in [-0.3, -0.25) is 0 Å². The van der Waals surface area contributed by atoms with Crippen molar-refractivity contribution in [3.63, 3.8) is 0 Å². The lowest BCUT2D eigenvalue weighted by Gasteiger charge is -1.98. The van der Waals surface area contributed by atoms with Crippen molar-refractivity contribution in [2.75, 3.05) is 0 Å². The minimum atomic E-state index is 0.483. The van der Waals surface area contributed by atoms with Gasteiger partial charge in [-0.05, 0) is 23.8 Å². The van der Waals surface area contributed by atoms with Crippen molar-refractivity contribution in [2.45, 2.75) is 6.54 Å². The molecular formula is C8H8N2S. The Morgan fingerprint density at radius 2 is 2.18 bits per heavy atom. The highest BCUT2D eigenvalue weighted by Gasteiger charge is 1.94. The molecule has 0 saturated carbocycles. The van der Waals surface area contributed by atoms with Crippen LogP contribution in [0, 0.1) is 0 Å². The number of isothiocyanates is 1. The fourth-order valence-electron chi connectivity index (χ4n) is 0.842. The largest absolute Gasteiger partial charge is 0.326 e. The lowest BCUT2D eigenvalue weighted by Crippen LogP contribution is -1.95. The minimum absolute atomic E-state index is 0.483. The molecule has 0 fully saturated rings. The van der Waals surface area contributed by atoms with Gasteiger partial charge >= 0.3 is 0 Å². The molecule has 0 bridgehead atoms. The summed E-state index contributed by atoms with van der Waals surface area (Å²) in [5.41, 5.74) is 7.26. The highest BCUT2D eigenvalue weighted by Crippen LogP contribution is 2.16. The van der Waals surface area contributed by atoms with E-state index in [0.29, 0.717) is 6.54 Å². The molecule has 11 heavy (non-hydrogen) atoms. The van der Waals surface area contributed by atoms with E-state index in [-0.39, 0.29) is 0 Å². The molecule has 1 aromatic carbocycles. The molecule has 0 aliphatic rings. The minimum Gasteiger partial charge on any atom is -0.326 e. The van der Waals surface area contributed by atoms with Gasteiger partial charge in [0.1, 0.15) is 0 Å². The van der Waals surface area contributed by atoms with Crippen molar-refractivity contribution in [1.29, 1.82) is 0 Å². The highest BCUT2D eigenvalue weighted by atomic mass is 32.1. The standard InChI is InChI=1S/C8H8N2S/c9-5-7-3-1-2-4-8(7)10-6-11/h1-4H,5,9H2. The number of hydrogen-bond acceptors (Lipinski definition) is 3. The van der Waals surface area contributed by atoms with Gasteiger partial charge in [0, 0.05) is 6.54 Å². The molecule has 0 unspecified atom stereocenters. The van der Waals surface area contributed by atoms with E-state index in [1.165, 1.54) is 0 Å². The van der Waals surface area contributed by atoms with E-state index >= 15 is 0 Å². The van der Waals surface area contributed by atoms with E-state index in [0.717, 1.165) is 11.3 Å². The SMILES string of the molecule is NCc1ccccc1N=C=S. The lowest BCUT2D eigenvalue weighted by atomic mass is 10.2. The van der Waals surface area contributed by atoms with Gasteiger partial charge in [0.2, 0.25) is 0 Å².